The summed E-state index contributed by atoms with van der Waals surface area (Å²) >= 11 is 0. The van der Waals surface area contributed by atoms with Crippen molar-refractivity contribution in [2.24, 2.45) is 0 Å². The lowest BCUT2D eigenvalue weighted by Gasteiger charge is -2.07. The number of para-hydroxylation sites is 1. The zero-order valence-corrected chi connectivity index (χ0v) is 15.6. The minimum absolute atomic E-state index is 0.239. The van der Waals surface area contributed by atoms with E-state index in [4.69, 9.17) is 5.73 Å². The largest absolute Gasteiger partial charge is 0.383 e. The number of hydrogen-bond donors (Lipinski definition) is 1. The van der Waals surface area contributed by atoms with Crippen LogP contribution in [-0.4, -0.2) is 34.4 Å². The van der Waals surface area contributed by atoms with E-state index in [-0.39, 0.29) is 10.8 Å². The lowest BCUT2D eigenvalue weighted by Crippen LogP contribution is -2.06. The molecule has 0 aliphatic rings. The Morgan fingerprint density at radius 3 is 2.41 bits per heavy atom. The summed E-state index contributed by atoms with van der Waals surface area (Å²) in [6.07, 6.45) is 1.08. The fourth-order valence-electron chi connectivity index (χ4n) is 2.92. The van der Waals surface area contributed by atoms with Gasteiger partial charge in [-0.25, -0.2) is 18.1 Å². The average Bonchev–Trinajstić information content (AvgIpc) is 2.98. The number of sulfone groups is 1. The molecule has 2 heterocycles. The van der Waals surface area contributed by atoms with Gasteiger partial charge in [0.25, 0.3) is 0 Å². The Balaban J connectivity index is 2.10. The fraction of sp³-hybridized carbons (Fsp3) is 0.105. The zero-order chi connectivity index (χ0) is 19.2. The molecule has 0 fully saturated rings. The van der Waals surface area contributed by atoms with E-state index in [0.29, 0.717) is 16.9 Å². The molecule has 0 amide bonds. The number of hydrogen-bond acceptors (Lipinski definition) is 6. The van der Waals surface area contributed by atoms with Crippen LogP contribution >= 0.6 is 0 Å². The van der Waals surface area contributed by atoms with Crippen molar-refractivity contribution >= 4 is 26.7 Å². The third-order valence-corrected chi connectivity index (χ3v) is 5.02. The van der Waals surface area contributed by atoms with Gasteiger partial charge in [-0.2, -0.15) is 4.98 Å². The molecule has 0 unspecified atom stereocenters. The monoisotopic (exact) mass is 379 g/mol. The summed E-state index contributed by atoms with van der Waals surface area (Å²) in [6.45, 7) is 1.95. The number of nitrogens with two attached hydrogens (primary N) is 1. The standard InChI is InChI=1S/C19H17N5O2S/c1-12-7-6-8-13(11-12)16-15-17(20)24(14-9-4-3-5-10-14)23-18(15)22-19(21-16)27(2,25)26/h3-11H,20H2,1-2H3. The first-order valence-electron chi connectivity index (χ1n) is 8.23. The van der Waals surface area contributed by atoms with Gasteiger partial charge in [0.2, 0.25) is 15.0 Å². The summed E-state index contributed by atoms with van der Waals surface area (Å²) in [4.78, 5) is 8.47. The van der Waals surface area contributed by atoms with Gasteiger partial charge in [-0.15, -0.1) is 5.10 Å². The minimum atomic E-state index is -3.62. The summed E-state index contributed by atoms with van der Waals surface area (Å²) in [7, 11) is -3.62. The normalized spacial score (nSPS) is 11.8. The molecule has 0 aliphatic heterocycles. The van der Waals surface area contributed by atoms with Gasteiger partial charge in [-0.3, -0.25) is 0 Å². The Kier molecular flexibility index (Phi) is 3.92. The number of aromatic nitrogens is 4. The van der Waals surface area contributed by atoms with Crippen molar-refractivity contribution in [3.63, 3.8) is 0 Å². The second-order valence-electron chi connectivity index (χ2n) is 6.33. The van der Waals surface area contributed by atoms with Crippen molar-refractivity contribution in [2.45, 2.75) is 12.1 Å². The maximum Gasteiger partial charge on any atom is 0.249 e. The van der Waals surface area contributed by atoms with Crippen LogP contribution in [-0.2, 0) is 9.84 Å². The number of nitrogens with zero attached hydrogens (tertiary/aromatic N) is 4. The lowest BCUT2D eigenvalue weighted by atomic mass is 10.1. The third-order valence-electron chi connectivity index (χ3n) is 4.17. The van der Waals surface area contributed by atoms with E-state index in [1.54, 1.807) is 4.68 Å². The van der Waals surface area contributed by atoms with Crippen molar-refractivity contribution in [3.05, 3.63) is 60.2 Å². The summed E-state index contributed by atoms with van der Waals surface area (Å²) in [5.41, 5.74) is 9.60. The Bertz CT molecular complexity index is 1260. The van der Waals surface area contributed by atoms with Crippen LogP contribution in [0.3, 0.4) is 0 Å². The van der Waals surface area contributed by atoms with Gasteiger partial charge in [0.1, 0.15) is 5.82 Å². The summed E-state index contributed by atoms with van der Waals surface area (Å²) in [5, 5.41) is 4.69. The first-order chi connectivity index (χ1) is 12.8. The molecule has 0 bridgehead atoms. The second kappa shape index (κ2) is 6.17. The maximum atomic E-state index is 12.1. The molecular weight excluding hydrogens is 362 g/mol. The number of aryl methyl sites for hydroxylation is 1. The summed E-state index contributed by atoms with van der Waals surface area (Å²) in [6, 6.07) is 17.0. The van der Waals surface area contributed by atoms with Crippen molar-refractivity contribution in [1.29, 1.82) is 0 Å². The fourth-order valence-corrected chi connectivity index (χ4v) is 3.43. The van der Waals surface area contributed by atoms with Gasteiger partial charge in [0.15, 0.2) is 5.65 Å². The molecule has 2 aromatic heterocycles. The van der Waals surface area contributed by atoms with E-state index in [0.717, 1.165) is 23.1 Å². The number of nitrogen functional groups attached to an aromatic ring is 1. The Morgan fingerprint density at radius 2 is 1.74 bits per heavy atom. The molecule has 0 saturated carbocycles. The molecule has 8 heteroatoms. The minimum Gasteiger partial charge on any atom is -0.383 e. The van der Waals surface area contributed by atoms with Gasteiger partial charge < -0.3 is 5.73 Å². The van der Waals surface area contributed by atoms with Crippen LogP contribution in [0.25, 0.3) is 28.0 Å². The molecular formula is C19H17N5O2S. The van der Waals surface area contributed by atoms with Crippen LogP contribution in [0, 0.1) is 6.92 Å². The van der Waals surface area contributed by atoms with Gasteiger partial charge >= 0.3 is 0 Å². The quantitative estimate of drug-likeness (QED) is 0.549. The van der Waals surface area contributed by atoms with E-state index in [1.165, 1.54) is 0 Å². The third kappa shape index (κ3) is 3.04. The van der Waals surface area contributed by atoms with Crippen LogP contribution in [0.5, 0.6) is 0 Å². The molecule has 0 aliphatic carbocycles. The van der Waals surface area contributed by atoms with Gasteiger partial charge in [0, 0.05) is 11.8 Å². The van der Waals surface area contributed by atoms with Crippen molar-refractivity contribution in [2.75, 3.05) is 12.0 Å². The highest BCUT2D eigenvalue weighted by Crippen LogP contribution is 2.32. The highest BCUT2D eigenvalue weighted by Gasteiger charge is 2.22. The van der Waals surface area contributed by atoms with E-state index < -0.39 is 9.84 Å². The van der Waals surface area contributed by atoms with E-state index in [2.05, 4.69) is 15.1 Å². The molecule has 4 rings (SSSR count). The number of anilines is 1. The molecule has 27 heavy (non-hydrogen) atoms. The topological polar surface area (TPSA) is 104 Å². The Hall–Kier alpha value is -3.26. The molecule has 7 nitrogen and oxygen atoms in total. The average molecular weight is 379 g/mol. The van der Waals surface area contributed by atoms with E-state index in [9.17, 15) is 8.42 Å². The van der Waals surface area contributed by atoms with Gasteiger partial charge in [-0.1, -0.05) is 42.0 Å². The van der Waals surface area contributed by atoms with Crippen LogP contribution in [0.1, 0.15) is 5.56 Å². The van der Waals surface area contributed by atoms with Crippen LogP contribution in [0.15, 0.2) is 59.8 Å². The van der Waals surface area contributed by atoms with E-state index >= 15 is 0 Å². The van der Waals surface area contributed by atoms with Crippen molar-refractivity contribution < 1.29 is 8.42 Å². The van der Waals surface area contributed by atoms with Crippen molar-refractivity contribution in [3.8, 4) is 16.9 Å². The smallest absolute Gasteiger partial charge is 0.249 e. The predicted octanol–water partition coefficient (Wildman–Crippen LogP) is 2.78. The highest BCUT2D eigenvalue weighted by molar-refractivity contribution is 7.90. The van der Waals surface area contributed by atoms with Crippen molar-refractivity contribution in [1.82, 2.24) is 19.7 Å². The number of benzene rings is 2. The van der Waals surface area contributed by atoms with Crippen LogP contribution in [0.2, 0.25) is 0 Å². The maximum absolute atomic E-state index is 12.1. The molecule has 2 aromatic carbocycles. The molecule has 0 atom stereocenters. The first-order valence-corrected chi connectivity index (χ1v) is 10.1. The van der Waals surface area contributed by atoms with Crippen LogP contribution in [0.4, 0.5) is 5.82 Å². The zero-order valence-electron chi connectivity index (χ0n) is 14.8. The van der Waals surface area contributed by atoms with E-state index in [1.807, 2.05) is 61.5 Å². The molecule has 0 spiro atoms. The highest BCUT2D eigenvalue weighted by atomic mass is 32.2. The Morgan fingerprint density at radius 1 is 1.00 bits per heavy atom. The Labute approximate surface area is 156 Å². The SMILES string of the molecule is Cc1cccc(-c2nc(S(C)(=O)=O)nc3nn(-c4ccccc4)c(N)c23)c1. The number of fused-ring (bicyclic) bond motifs is 1. The molecule has 4 aromatic rings. The van der Waals surface area contributed by atoms with Gasteiger partial charge in [0.05, 0.1) is 16.8 Å². The second-order valence-corrected chi connectivity index (χ2v) is 8.24. The molecule has 2 N–H and O–H groups in total. The number of rotatable bonds is 3. The molecule has 0 radical (unpaired) electrons. The molecule has 0 saturated heterocycles. The predicted molar refractivity (Wildman–Crippen MR) is 104 cm³/mol. The molecule has 136 valence electrons. The summed E-state index contributed by atoms with van der Waals surface area (Å²) < 4.78 is 25.7. The summed E-state index contributed by atoms with van der Waals surface area (Å²) in [5.74, 6) is 0.354. The van der Waals surface area contributed by atoms with Gasteiger partial charge in [-0.05, 0) is 25.1 Å². The first kappa shape index (κ1) is 17.2. The van der Waals surface area contributed by atoms with Crippen LogP contribution < -0.4 is 5.73 Å². The lowest BCUT2D eigenvalue weighted by molar-refractivity contribution is 0.593.